The summed E-state index contributed by atoms with van der Waals surface area (Å²) in [5, 5.41) is 9.74. The third-order valence-electron chi connectivity index (χ3n) is 8.88. The summed E-state index contributed by atoms with van der Waals surface area (Å²) in [5.41, 5.74) is -0.192. The summed E-state index contributed by atoms with van der Waals surface area (Å²) in [5.74, 6) is 0. The first kappa shape index (κ1) is 22.0. The second-order valence-corrected chi connectivity index (χ2v) is 11.2. The van der Waals surface area contributed by atoms with Crippen molar-refractivity contribution in [3.63, 3.8) is 0 Å². The average molecular weight is 449 g/mol. The van der Waals surface area contributed by atoms with Crippen molar-refractivity contribution < 1.29 is 28.8 Å². The standard InChI is InChI=1S/2C13H20O3/c1-2-3-8-4-5-11-13(16-8)6-9(14-11)12-10(7-13)15-12;1-2-3-9-4-5-12-13(16-9)7-6-10(14)11(8-13)15-12/h8-12H,2-7H2,1H3;6-7,9-12,14H,2-5,8H2,1H3/t8-,9+,10+,11-,12?,13+;9-,10+,11+,12-,13-/m00/s1. The van der Waals surface area contributed by atoms with E-state index < -0.39 is 6.10 Å². The van der Waals surface area contributed by atoms with E-state index in [9.17, 15) is 5.11 Å². The highest BCUT2D eigenvalue weighted by molar-refractivity contribution is 5.21. The molecule has 7 aliphatic rings. The van der Waals surface area contributed by atoms with E-state index in [-0.39, 0.29) is 23.4 Å². The molecule has 32 heavy (non-hydrogen) atoms. The van der Waals surface area contributed by atoms with E-state index >= 15 is 0 Å². The van der Waals surface area contributed by atoms with Crippen LogP contribution in [0.5, 0.6) is 0 Å². The molecule has 5 aliphatic heterocycles. The highest BCUT2D eigenvalue weighted by Crippen LogP contribution is 2.55. The summed E-state index contributed by atoms with van der Waals surface area (Å²) in [4.78, 5) is 0. The number of aliphatic hydroxyl groups excluding tert-OH is 1. The molecule has 6 nitrogen and oxygen atoms in total. The van der Waals surface area contributed by atoms with Crippen molar-refractivity contribution in [3.8, 4) is 0 Å². The first-order valence-electron chi connectivity index (χ1n) is 13.2. The molecule has 7 rings (SSSR count). The summed E-state index contributed by atoms with van der Waals surface area (Å²) in [6.45, 7) is 4.43. The zero-order valence-electron chi connectivity index (χ0n) is 19.6. The van der Waals surface area contributed by atoms with Crippen LogP contribution in [-0.4, -0.2) is 71.2 Å². The van der Waals surface area contributed by atoms with Gasteiger partial charge in [0.25, 0.3) is 0 Å². The molecule has 0 aromatic rings. The van der Waals surface area contributed by atoms with E-state index in [0.717, 1.165) is 38.5 Å². The van der Waals surface area contributed by atoms with Gasteiger partial charge >= 0.3 is 0 Å². The Morgan fingerprint density at radius 3 is 2.19 bits per heavy atom. The van der Waals surface area contributed by atoms with Crippen molar-refractivity contribution in [1.82, 2.24) is 0 Å². The van der Waals surface area contributed by atoms with Crippen LogP contribution in [0.3, 0.4) is 0 Å². The normalized spacial score (nSPS) is 54.2. The zero-order chi connectivity index (χ0) is 21.9. The lowest BCUT2D eigenvalue weighted by Crippen LogP contribution is -2.50. The monoisotopic (exact) mass is 448 g/mol. The van der Waals surface area contributed by atoms with E-state index in [2.05, 4.69) is 13.8 Å². The molecule has 4 bridgehead atoms. The van der Waals surface area contributed by atoms with Gasteiger partial charge in [0, 0.05) is 19.3 Å². The molecule has 0 aromatic carbocycles. The molecule has 0 radical (unpaired) electrons. The molecule has 1 unspecified atom stereocenters. The van der Waals surface area contributed by atoms with Crippen LogP contribution in [-0.2, 0) is 23.7 Å². The molecule has 180 valence electrons. The maximum Gasteiger partial charge on any atom is 0.115 e. The number of hydrogen-bond acceptors (Lipinski definition) is 6. The number of epoxide rings is 1. The fourth-order valence-electron chi connectivity index (χ4n) is 7.30. The van der Waals surface area contributed by atoms with Gasteiger partial charge in [0.1, 0.15) is 11.7 Å². The number of hydrogen-bond donors (Lipinski definition) is 1. The first-order valence-corrected chi connectivity index (χ1v) is 13.2. The summed E-state index contributed by atoms with van der Waals surface area (Å²) >= 11 is 0. The van der Waals surface area contributed by atoms with Gasteiger partial charge in [-0.05, 0) is 38.5 Å². The SMILES string of the molecule is CCC[C@H]1CC[C@@H]2O[C@@H]3C[C@]2(C=C[C@H]3O)O1.CCC[C@H]1CC[C@@H]2O[C@@H]3C[C@]2(C[C@H]2OC23)O1. The Morgan fingerprint density at radius 1 is 0.781 bits per heavy atom. The van der Waals surface area contributed by atoms with E-state index in [4.69, 9.17) is 23.7 Å². The minimum absolute atomic E-state index is 0.0282. The Bertz CT molecular complexity index is 723. The van der Waals surface area contributed by atoms with Gasteiger partial charge in [-0.2, -0.15) is 0 Å². The number of rotatable bonds is 4. The van der Waals surface area contributed by atoms with Crippen molar-refractivity contribution in [2.24, 2.45) is 0 Å². The molecule has 0 aromatic heterocycles. The van der Waals surface area contributed by atoms with E-state index in [1.54, 1.807) is 0 Å². The van der Waals surface area contributed by atoms with Crippen LogP contribution in [0, 0.1) is 0 Å². The third-order valence-corrected chi connectivity index (χ3v) is 8.88. The highest BCUT2D eigenvalue weighted by atomic mass is 16.6. The molecule has 1 saturated carbocycles. The molecule has 5 saturated heterocycles. The van der Waals surface area contributed by atoms with Crippen molar-refractivity contribution in [3.05, 3.63) is 12.2 Å². The fourth-order valence-corrected chi connectivity index (χ4v) is 7.30. The van der Waals surface area contributed by atoms with Crippen LogP contribution in [0.4, 0.5) is 0 Å². The predicted octanol–water partition coefficient (Wildman–Crippen LogP) is 3.83. The summed E-state index contributed by atoms with van der Waals surface area (Å²) < 4.78 is 30.3. The van der Waals surface area contributed by atoms with Crippen LogP contribution in [0.2, 0.25) is 0 Å². The number of aliphatic hydroxyl groups is 1. The van der Waals surface area contributed by atoms with E-state index in [1.807, 2.05) is 12.2 Å². The number of fused-ring (bicyclic) bond motifs is 4. The van der Waals surface area contributed by atoms with Crippen molar-refractivity contribution in [1.29, 1.82) is 0 Å². The Hall–Kier alpha value is -0.500. The fraction of sp³-hybridized carbons (Fsp3) is 0.923. The predicted molar refractivity (Wildman–Crippen MR) is 118 cm³/mol. The van der Waals surface area contributed by atoms with Crippen LogP contribution in [0.1, 0.15) is 84.5 Å². The highest BCUT2D eigenvalue weighted by Gasteiger charge is 2.66. The van der Waals surface area contributed by atoms with Gasteiger partial charge in [0.2, 0.25) is 0 Å². The zero-order valence-corrected chi connectivity index (χ0v) is 19.6. The topological polar surface area (TPSA) is 69.7 Å². The molecule has 6 fully saturated rings. The molecule has 6 heteroatoms. The van der Waals surface area contributed by atoms with Crippen LogP contribution >= 0.6 is 0 Å². The second-order valence-electron chi connectivity index (χ2n) is 11.2. The Morgan fingerprint density at radius 2 is 1.44 bits per heavy atom. The van der Waals surface area contributed by atoms with Crippen LogP contribution in [0.25, 0.3) is 0 Å². The number of ether oxygens (including phenoxy) is 5. The van der Waals surface area contributed by atoms with Gasteiger partial charge in [-0.1, -0.05) is 38.8 Å². The Labute approximate surface area is 192 Å². The minimum Gasteiger partial charge on any atom is -0.386 e. The van der Waals surface area contributed by atoms with Crippen LogP contribution in [0.15, 0.2) is 12.2 Å². The van der Waals surface area contributed by atoms with Crippen LogP contribution < -0.4 is 0 Å². The lowest BCUT2D eigenvalue weighted by atomic mass is 9.78. The Balaban J connectivity index is 0.000000122. The second kappa shape index (κ2) is 8.31. The van der Waals surface area contributed by atoms with Gasteiger partial charge in [-0.25, -0.2) is 0 Å². The smallest absolute Gasteiger partial charge is 0.115 e. The molecule has 5 heterocycles. The summed E-state index contributed by atoms with van der Waals surface area (Å²) in [7, 11) is 0. The van der Waals surface area contributed by atoms with E-state index in [1.165, 1.54) is 32.1 Å². The third kappa shape index (κ3) is 3.70. The molecule has 1 N–H and O–H groups in total. The summed E-state index contributed by atoms with van der Waals surface area (Å²) in [6.07, 6.45) is 18.2. The maximum atomic E-state index is 9.74. The Kier molecular flexibility index (Phi) is 5.72. The lowest BCUT2D eigenvalue weighted by molar-refractivity contribution is -0.171. The first-order chi connectivity index (χ1) is 15.5. The lowest BCUT2D eigenvalue weighted by Gasteiger charge is -2.42. The average Bonchev–Trinajstić information content (AvgIpc) is 3.37. The molecular weight excluding hydrogens is 408 g/mol. The molecule has 2 spiro atoms. The van der Waals surface area contributed by atoms with Gasteiger partial charge in [-0.15, -0.1) is 0 Å². The molecule has 0 amide bonds. The van der Waals surface area contributed by atoms with Gasteiger partial charge in [0.05, 0.1) is 54.4 Å². The van der Waals surface area contributed by atoms with Crippen molar-refractivity contribution >= 4 is 0 Å². The molecule has 11 atom stereocenters. The molecule has 2 aliphatic carbocycles. The van der Waals surface area contributed by atoms with Gasteiger partial charge in [0.15, 0.2) is 0 Å². The van der Waals surface area contributed by atoms with Gasteiger partial charge in [-0.3, -0.25) is 0 Å². The minimum atomic E-state index is -0.440. The summed E-state index contributed by atoms with van der Waals surface area (Å²) in [6, 6.07) is 0. The van der Waals surface area contributed by atoms with Gasteiger partial charge < -0.3 is 28.8 Å². The van der Waals surface area contributed by atoms with Crippen molar-refractivity contribution in [2.75, 3.05) is 0 Å². The maximum absolute atomic E-state index is 9.74. The van der Waals surface area contributed by atoms with E-state index in [0.29, 0.717) is 36.6 Å². The quantitative estimate of drug-likeness (QED) is 0.521. The van der Waals surface area contributed by atoms with Crippen molar-refractivity contribution in [2.45, 2.75) is 151 Å². The largest absolute Gasteiger partial charge is 0.386 e. The molecular formula is C26H40O6.